The topological polar surface area (TPSA) is 60.0 Å². The summed E-state index contributed by atoms with van der Waals surface area (Å²) in [5.74, 6) is 4.05. The molecule has 148 valence electrons. The molecule has 0 aromatic rings. The molecular weight excluding hydrogens is 441 g/mol. The van der Waals surface area contributed by atoms with Crippen molar-refractivity contribution in [3.05, 3.63) is 0 Å². The molecule has 4 aliphatic rings. The number of rotatable bonds is 7. The van der Waals surface area contributed by atoms with Crippen LogP contribution in [0.1, 0.15) is 38.5 Å². The predicted octanol–water partition coefficient (Wildman–Crippen LogP) is 1.51. The van der Waals surface area contributed by atoms with E-state index in [-0.39, 0.29) is 29.9 Å². The molecule has 4 rings (SSSR count). The Balaban J connectivity index is 0.00000196. The average Bonchev–Trinajstić information content (AvgIpc) is 3.47. The highest BCUT2D eigenvalue weighted by Crippen LogP contribution is 2.48. The van der Waals surface area contributed by atoms with Crippen LogP contribution in [0.5, 0.6) is 0 Å². The van der Waals surface area contributed by atoms with Crippen LogP contribution in [0, 0.1) is 17.8 Å². The second kappa shape index (κ2) is 9.08. The van der Waals surface area contributed by atoms with Crippen LogP contribution in [0.2, 0.25) is 0 Å². The Bertz CT molecular complexity index is 496. The van der Waals surface area contributed by atoms with Crippen molar-refractivity contribution in [2.24, 2.45) is 22.7 Å². The maximum atomic E-state index is 11.9. The van der Waals surface area contributed by atoms with Crippen LogP contribution in [0.4, 0.5) is 0 Å². The first-order chi connectivity index (χ1) is 12.2. The Morgan fingerprint density at radius 2 is 1.65 bits per heavy atom. The molecular formula is C19H34IN5O. The fourth-order valence-corrected chi connectivity index (χ4v) is 4.13. The minimum Gasteiger partial charge on any atom is -0.356 e. The number of nitrogens with zero attached hydrogens (tertiary/aromatic N) is 3. The molecule has 0 radical (unpaired) electrons. The standard InChI is InChI=1S/C19H33N5O.HI/c1-20-19(21-12-17(14-2-3-14)15-4-5-15)24-10-8-23(9-11-24)13-18(25)22-16-6-7-16;/h14-17H,2-13H2,1H3,(H,20,21)(H,22,25);1H. The summed E-state index contributed by atoms with van der Waals surface area (Å²) >= 11 is 0. The molecule has 4 fully saturated rings. The molecule has 0 spiro atoms. The lowest BCUT2D eigenvalue weighted by Gasteiger charge is -2.36. The van der Waals surface area contributed by atoms with Crippen molar-refractivity contribution in [1.82, 2.24) is 20.4 Å². The fraction of sp³-hybridized carbons (Fsp3) is 0.895. The maximum Gasteiger partial charge on any atom is 0.234 e. The minimum absolute atomic E-state index is 0. The van der Waals surface area contributed by atoms with E-state index in [9.17, 15) is 4.79 Å². The number of halogens is 1. The molecule has 0 atom stereocenters. The largest absolute Gasteiger partial charge is 0.356 e. The molecule has 26 heavy (non-hydrogen) atoms. The Hall–Kier alpha value is -0.570. The van der Waals surface area contributed by atoms with Gasteiger partial charge in [-0.15, -0.1) is 24.0 Å². The van der Waals surface area contributed by atoms with Crippen LogP contribution >= 0.6 is 24.0 Å². The number of piperazine rings is 1. The highest BCUT2D eigenvalue weighted by molar-refractivity contribution is 14.0. The first-order valence-corrected chi connectivity index (χ1v) is 10.2. The minimum atomic E-state index is 0. The normalized spacial score (nSPS) is 24.4. The van der Waals surface area contributed by atoms with Crippen LogP contribution in [0.3, 0.4) is 0 Å². The van der Waals surface area contributed by atoms with Gasteiger partial charge in [0.05, 0.1) is 6.54 Å². The van der Waals surface area contributed by atoms with Gasteiger partial charge >= 0.3 is 0 Å². The average molecular weight is 475 g/mol. The lowest BCUT2D eigenvalue weighted by molar-refractivity contribution is -0.122. The summed E-state index contributed by atoms with van der Waals surface area (Å²) in [7, 11) is 1.89. The van der Waals surface area contributed by atoms with Gasteiger partial charge in [0.25, 0.3) is 0 Å². The number of amides is 1. The smallest absolute Gasteiger partial charge is 0.234 e. The molecule has 2 N–H and O–H groups in total. The summed E-state index contributed by atoms with van der Waals surface area (Å²) in [6.45, 7) is 5.41. The van der Waals surface area contributed by atoms with Crippen molar-refractivity contribution < 1.29 is 4.79 Å². The van der Waals surface area contributed by atoms with E-state index in [1.165, 1.54) is 25.7 Å². The first-order valence-electron chi connectivity index (χ1n) is 10.2. The summed E-state index contributed by atoms with van der Waals surface area (Å²) in [5.41, 5.74) is 0. The summed E-state index contributed by atoms with van der Waals surface area (Å²) in [5, 5.41) is 6.73. The van der Waals surface area contributed by atoms with Crippen LogP contribution in [0.25, 0.3) is 0 Å². The Kier molecular flexibility index (Phi) is 7.05. The predicted molar refractivity (Wildman–Crippen MR) is 115 cm³/mol. The number of hydrogen-bond donors (Lipinski definition) is 2. The number of nitrogens with one attached hydrogen (secondary N) is 2. The van der Waals surface area contributed by atoms with Crippen molar-refractivity contribution in [2.45, 2.75) is 44.6 Å². The SMILES string of the molecule is CN=C(NCC(C1CC1)C1CC1)N1CCN(CC(=O)NC2CC2)CC1.I. The van der Waals surface area contributed by atoms with E-state index >= 15 is 0 Å². The summed E-state index contributed by atoms with van der Waals surface area (Å²) in [6.07, 6.45) is 8.05. The van der Waals surface area contributed by atoms with Gasteiger partial charge in [-0.3, -0.25) is 14.7 Å². The van der Waals surface area contributed by atoms with Crippen LogP contribution in [0.15, 0.2) is 4.99 Å². The van der Waals surface area contributed by atoms with E-state index in [1.807, 2.05) is 7.05 Å². The second-order valence-corrected chi connectivity index (χ2v) is 8.37. The monoisotopic (exact) mass is 475 g/mol. The molecule has 3 aliphatic carbocycles. The number of guanidine groups is 1. The van der Waals surface area contributed by atoms with E-state index < -0.39 is 0 Å². The van der Waals surface area contributed by atoms with Crippen LogP contribution < -0.4 is 10.6 Å². The molecule has 7 heteroatoms. The Morgan fingerprint density at radius 1 is 1.04 bits per heavy atom. The quantitative estimate of drug-likeness (QED) is 0.333. The van der Waals surface area contributed by atoms with Crippen LogP contribution in [-0.2, 0) is 4.79 Å². The first kappa shape index (κ1) is 20.2. The third-order valence-electron chi connectivity index (χ3n) is 6.14. The third kappa shape index (κ3) is 5.71. The molecule has 0 aromatic carbocycles. The Labute approximate surface area is 174 Å². The zero-order valence-electron chi connectivity index (χ0n) is 16.0. The van der Waals surface area contributed by atoms with Gasteiger partial charge in [0, 0.05) is 45.8 Å². The van der Waals surface area contributed by atoms with Gasteiger partial charge in [-0.1, -0.05) is 0 Å². The zero-order valence-corrected chi connectivity index (χ0v) is 18.3. The molecule has 1 saturated heterocycles. The molecule has 1 aliphatic heterocycles. The van der Waals surface area contributed by atoms with Crippen molar-refractivity contribution in [3.8, 4) is 0 Å². The van der Waals surface area contributed by atoms with Gasteiger partial charge < -0.3 is 15.5 Å². The zero-order chi connectivity index (χ0) is 17.2. The fourth-order valence-electron chi connectivity index (χ4n) is 4.13. The van der Waals surface area contributed by atoms with Crippen molar-refractivity contribution in [1.29, 1.82) is 0 Å². The molecule has 6 nitrogen and oxygen atoms in total. The van der Waals surface area contributed by atoms with Gasteiger partial charge in [-0.05, 0) is 56.3 Å². The van der Waals surface area contributed by atoms with E-state index in [2.05, 4.69) is 25.4 Å². The number of hydrogen-bond acceptors (Lipinski definition) is 3. The third-order valence-corrected chi connectivity index (χ3v) is 6.14. The molecule has 0 bridgehead atoms. The highest BCUT2D eigenvalue weighted by atomic mass is 127. The number of carbonyl (C=O) groups is 1. The highest BCUT2D eigenvalue weighted by Gasteiger charge is 2.41. The molecule has 0 aromatic heterocycles. The van der Waals surface area contributed by atoms with E-state index in [0.29, 0.717) is 12.6 Å². The maximum absolute atomic E-state index is 11.9. The molecule has 3 saturated carbocycles. The van der Waals surface area contributed by atoms with Gasteiger partial charge in [-0.2, -0.15) is 0 Å². The van der Waals surface area contributed by atoms with Crippen molar-refractivity contribution in [2.75, 3.05) is 46.3 Å². The summed E-state index contributed by atoms with van der Waals surface area (Å²) in [4.78, 5) is 21.1. The number of carbonyl (C=O) groups excluding carboxylic acids is 1. The van der Waals surface area contributed by atoms with Crippen LogP contribution in [-0.4, -0.2) is 74.0 Å². The lowest BCUT2D eigenvalue weighted by atomic mass is 9.98. The number of aliphatic imine (C=N–C) groups is 1. The molecule has 1 heterocycles. The molecule has 0 unspecified atom stereocenters. The van der Waals surface area contributed by atoms with E-state index in [1.54, 1.807) is 0 Å². The van der Waals surface area contributed by atoms with E-state index in [4.69, 9.17) is 0 Å². The lowest BCUT2D eigenvalue weighted by Crippen LogP contribution is -2.54. The van der Waals surface area contributed by atoms with Gasteiger partial charge in [-0.25, -0.2) is 0 Å². The summed E-state index contributed by atoms with van der Waals surface area (Å²) in [6, 6.07) is 0.461. The van der Waals surface area contributed by atoms with Gasteiger partial charge in [0.1, 0.15) is 0 Å². The Morgan fingerprint density at radius 3 is 2.15 bits per heavy atom. The van der Waals surface area contributed by atoms with Gasteiger partial charge in [0.2, 0.25) is 5.91 Å². The summed E-state index contributed by atoms with van der Waals surface area (Å²) < 4.78 is 0. The van der Waals surface area contributed by atoms with E-state index in [0.717, 1.165) is 69.3 Å². The van der Waals surface area contributed by atoms with Crippen molar-refractivity contribution >= 4 is 35.8 Å². The van der Waals surface area contributed by atoms with Gasteiger partial charge in [0.15, 0.2) is 5.96 Å². The second-order valence-electron chi connectivity index (χ2n) is 8.37. The van der Waals surface area contributed by atoms with Crippen molar-refractivity contribution in [3.63, 3.8) is 0 Å². The molecule has 1 amide bonds.